The molecule has 250 valence electrons. The fourth-order valence-corrected chi connectivity index (χ4v) is 7.00. The lowest BCUT2D eigenvalue weighted by molar-refractivity contribution is 0.248. The minimum atomic E-state index is -2.20. The van der Waals surface area contributed by atoms with Gasteiger partial charge in [-0.05, 0) is 60.8 Å². The van der Waals surface area contributed by atoms with Gasteiger partial charge in [-0.15, -0.1) is 0 Å². The van der Waals surface area contributed by atoms with Gasteiger partial charge in [0.2, 0.25) is 0 Å². The second-order valence-corrected chi connectivity index (χ2v) is 13.8. The van der Waals surface area contributed by atoms with Crippen LogP contribution < -0.4 is 0 Å². The van der Waals surface area contributed by atoms with Gasteiger partial charge in [0.15, 0.2) is 0 Å². The van der Waals surface area contributed by atoms with Gasteiger partial charge in [0.25, 0.3) is 0 Å². The van der Waals surface area contributed by atoms with Gasteiger partial charge in [0.1, 0.15) is 0 Å². The second-order valence-electron chi connectivity index (χ2n) is 13.0. The Balaban J connectivity index is 2.01. The van der Waals surface area contributed by atoms with E-state index < -0.39 is 8.60 Å². The first-order chi connectivity index (χ1) is 21.7. The van der Waals surface area contributed by atoms with Crippen molar-refractivity contribution in [2.75, 3.05) is 6.61 Å². The van der Waals surface area contributed by atoms with E-state index in [2.05, 4.69) is 62.4 Å². The first-order valence-electron chi connectivity index (χ1n) is 18.6. The van der Waals surface area contributed by atoms with Gasteiger partial charge in [0.05, 0.1) is 6.61 Å². The number of hydrogen-bond donors (Lipinski definition) is 2. The number of aryl methyl sites for hydroxylation is 2. The van der Waals surface area contributed by atoms with Crippen LogP contribution in [0.25, 0.3) is 0 Å². The van der Waals surface area contributed by atoms with Crippen LogP contribution in [0.3, 0.4) is 0 Å². The molecule has 2 aromatic rings. The fraction of sp³-hybridized carbons (Fsp3) is 0.700. The van der Waals surface area contributed by atoms with Gasteiger partial charge in [-0.25, -0.2) is 0 Å². The monoisotopic (exact) mass is 626 g/mol. The SMILES string of the molecule is CCCCCCCCCc1ccccc1C(CCCCCCCCCOP(O)O)c1ccccc1CCCCCCCCC. The molecule has 0 unspecified atom stereocenters. The molecule has 4 heteroatoms. The van der Waals surface area contributed by atoms with Crippen LogP contribution in [0.15, 0.2) is 48.5 Å². The molecule has 0 amide bonds. The van der Waals surface area contributed by atoms with Crippen LogP contribution in [-0.2, 0) is 17.4 Å². The van der Waals surface area contributed by atoms with E-state index in [9.17, 15) is 0 Å². The highest BCUT2D eigenvalue weighted by Crippen LogP contribution is 2.36. The molecule has 0 fully saturated rings. The van der Waals surface area contributed by atoms with Gasteiger partial charge < -0.3 is 14.3 Å². The summed E-state index contributed by atoms with van der Waals surface area (Å²) in [5.41, 5.74) is 6.32. The Kier molecular flexibility index (Phi) is 23.8. The van der Waals surface area contributed by atoms with E-state index in [0.717, 1.165) is 12.8 Å². The van der Waals surface area contributed by atoms with E-state index in [-0.39, 0.29) is 0 Å². The van der Waals surface area contributed by atoms with E-state index in [0.29, 0.717) is 12.5 Å². The van der Waals surface area contributed by atoms with Gasteiger partial charge in [-0.2, -0.15) is 0 Å². The predicted molar refractivity (Wildman–Crippen MR) is 192 cm³/mol. The Bertz CT molecular complexity index is 869. The van der Waals surface area contributed by atoms with Crippen LogP contribution in [-0.4, -0.2) is 16.4 Å². The van der Waals surface area contributed by atoms with Gasteiger partial charge in [-0.1, -0.05) is 178 Å². The Labute approximate surface area is 273 Å². The largest absolute Gasteiger partial charge is 0.328 e. The van der Waals surface area contributed by atoms with Crippen molar-refractivity contribution in [2.45, 2.75) is 174 Å². The first-order valence-corrected chi connectivity index (χ1v) is 19.8. The third-order valence-electron chi connectivity index (χ3n) is 9.30. The lowest BCUT2D eigenvalue weighted by atomic mass is 9.80. The fourth-order valence-electron chi connectivity index (χ4n) is 6.71. The zero-order valence-corrected chi connectivity index (χ0v) is 29.5. The number of unbranched alkanes of at least 4 members (excludes halogenated alkanes) is 18. The predicted octanol–water partition coefficient (Wildman–Crippen LogP) is 12.8. The molecule has 0 saturated heterocycles. The van der Waals surface area contributed by atoms with E-state index in [1.807, 2.05) is 0 Å². The zero-order valence-electron chi connectivity index (χ0n) is 28.6. The summed E-state index contributed by atoms with van der Waals surface area (Å²) >= 11 is 0. The number of hydrogen-bond acceptors (Lipinski definition) is 3. The minimum Gasteiger partial charge on any atom is -0.328 e. The summed E-state index contributed by atoms with van der Waals surface area (Å²) in [4.78, 5) is 17.7. The molecule has 2 rings (SSSR count). The van der Waals surface area contributed by atoms with E-state index in [1.54, 1.807) is 22.3 Å². The molecule has 2 N–H and O–H groups in total. The topological polar surface area (TPSA) is 49.7 Å². The van der Waals surface area contributed by atoms with Crippen LogP contribution in [0.1, 0.15) is 183 Å². The minimum absolute atomic E-state index is 0.455. The van der Waals surface area contributed by atoms with Crippen LogP contribution >= 0.6 is 8.60 Å². The van der Waals surface area contributed by atoms with E-state index in [1.165, 1.54) is 141 Å². The van der Waals surface area contributed by atoms with Crippen molar-refractivity contribution in [3.8, 4) is 0 Å². The van der Waals surface area contributed by atoms with Crippen LogP contribution in [0.5, 0.6) is 0 Å². The van der Waals surface area contributed by atoms with Crippen LogP contribution in [0, 0.1) is 0 Å². The van der Waals surface area contributed by atoms with Crippen molar-refractivity contribution in [1.82, 2.24) is 0 Å². The lowest BCUT2D eigenvalue weighted by Gasteiger charge is -2.24. The molecule has 0 aliphatic heterocycles. The van der Waals surface area contributed by atoms with Gasteiger partial charge in [-0.3, -0.25) is 0 Å². The molecule has 0 atom stereocenters. The molecular formula is C40H67O3P. The molecule has 0 heterocycles. The molecule has 3 nitrogen and oxygen atoms in total. The molecule has 0 aromatic heterocycles. The molecule has 0 aliphatic carbocycles. The van der Waals surface area contributed by atoms with Crippen molar-refractivity contribution in [2.24, 2.45) is 0 Å². The van der Waals surface area contributed by atoms with Crippen molar-refractivity contribution >= 4 is 8.60 Å². The number of benzene rings is 2. The quantitative estimate of drug-likeness (QED) is 0.0697. The summed E-state index contributed by atoms with van der Waals surface area (Å²) in [5.74, 6) is 0.487. The number of rotatable bonds is 29. The summed E-state index contributed by atoms with van der Waals surface area (Å²) in [5, 5.41) is 0. The highest BCUT2D eigenvalue weighted by molar-refractivity contribution is 7.39. The van der Waals surface area contributed by atoms with Crippen LogP contribution in [0.4, 0.5) is 0 Å². The molecule has 0 aliphatic rings. The Hall–Kier alpha value is -1.25. The van der Waals surface area contributed by atoms with Crippen molar-refractivity contribution in [1.29, 1.82) is 0 Å². The maximum atomic E-state index is 8.87. The maximum absolute atomic E-state index is 8.87. The maximum Gasteiger partial charge on any atom is 0.327 e. The molecule has 0 spiro atoms. The Morgan fingerprint density at radius 1 is 0.500 bits per heavy atom. The van der Waals surface area contributed by atoms with Gasteiger partial charge >= 0.3 is 8.60 Å². The van der Waals surface area contributed by atoms with Gasteiger partial charge in [0, 0.05) is 5.92 Å². The highest BCUT2D eigenvalue weighted by Gasteiger charge is 2.20. The van der Waals surface area contributed by atoms with Crippen LogP contribution in [0.2, 0.25) is 0 Å². The average Bonchev–Trinajstić information content (AvgIpc) is 3.03. The summed E-state index contributed by atoms with van der Waals surface area (Å²) in [6.45, 7) is 5.05. The second kappa shape index (κ2) is 26.9. The molecular weight excluding hydrogens is 559 g/mol. The smallest absolute Gasteiger partial charge is 0.327 e. The Morgan fingerprint density at radius 3 is 1.34 bits per heavy atom. The third kappa shape index (κ3) is 18.0. The Morgan fingerprint density at radius 2 is 0.886 bits per heavy atom. The zero-order chi connectivity index (χ0) is 31.5. The van der Waals surface area contributed by atoms with E-state index >= 15 is 0 Å². The molecule has 0 saturated carbocycles. The molecule has 2 aromatic carbocycles. The third-order valence-corrected chi connectivity index (χ3v) is 9.72. The summed E-state index contributed by atoms with van der Waals surface area (Å²) in [6.07, 6.45) is 31.0. The molecule has 0 bridgehead atoms. The van der Waals surface area contributed by atoms with E-state index in [4.69, 9.17) is 14.3 Å². The first kappa shape index (κ1) is 38.9. The van der Waals surface area contributed by atoms with Crippen molar-refractivity contribution < 1.29 is 14.3 Å². The summed E-state index contributed by atoms with van der Waals surface area (Å²) in [6, 6.07) is 18.8. The molecule has 0 radical (unpaired) electrons. The molecule has 44 heavy (non-hydrogen) atoms. The standard InChI is InChI=1S/C40H67O3P/c1-3-5-7-9-12-16-20-28-36-30-23-25-32-38(36)40(34-22-18-14-11-15-19-27-35-43-44(41)42)39-33-26-24-31-37(39)29-21-17-13-10-8-6-4-2/h23-26,30-33,40-42H,3-22,27-29,34-35H2,1-2H3. The highest BCUT2D eigenvalue weighted by atomic mass is 31.2. The lowest BCUT2D eigenvalue weighted by Crippen LogP contribution is -2.08. The average molecular weight is 627 g/mol. The summed E-state index contributed by atoms with van der Waals surface area (Å²) in [7, 11) is -2.20. The summed E-state index contributed by atoms with van der Waals surface area (Å²) < 4.78 is 4.89. The van der Waals surface area contributed by atoms with Crippen molar-refractivity contribution in [3.63, 3.8) is 0 Å². The normalized spacial score (nSPS) is 11.7. The van der Waals surface area contributed by atoms with Crippen molar-refractivity contribution in [3.05, 3.63) is 70.8 Å².